The predicted molar refractivity (Wildman–Crippen MR) is 84.5 cm³/mol. The van der Waals surface area contributed by atoms with E-state index in [0.717, 1.165) is 25.9 Å². The van der Waals surface area contributed by atoms with Crippen molar-refractivity contribution in [1.29, 1.82) is 0 Å². The number of nitrogens with zero attached hydrogens (tertiary/aromatic N) is 1. The zero-order chi connectivity index (χ0) is 14.6. The first-order chi connectivity index (χ1) is 10.1. The highest BCUT2D eigenvalue weighted by Crippen LogP contribution is 2.45. The third kappa shape index (κ3) is 1.81. The van der Waals surface area contributed by atoms with Gasteiger partial charge in [-0.3, -0.25) is 4.90 Å². The first-order valence-electron chi connectivity index (χ1n) is 6.91. The molecule has 1 fully saturated rings. The molecule has 1 aromatic heterocycles. The smallest absolute Gasteiger partial charge is 0.408 e. The molecule has 0 aliphatic carbocycles. The van der Waals surface area contributed by atoms with Crippen LogP contribution < -0.4 is 0 Å². The predicted octanol–water partition coefficient (Wildman–Crippen LogP) is 3.19. The molecule has 3 heterocycles. The molecule has 0 saturated carbocycles. The fourth-order valence-electron chi connectivity index (χ4n) is 3.53. The van der Waals surface area contributed by atoms with Crippen LogP contribution in [0.15, 0.2) is 22.6 Å². The molecule has 1 aromatic carbocycles. The summed E-state index contributed by atoms with van der Waals surface area (Å²) >= 11 is 2.25. The van der Waals surface area contributed by atoms with Crippen molar-refractivity contribution in [2.24, 2.45) is 0 Å². The van der Waals surface area contributed by atoms with E-state index in [0.29, 0.717) is 32.6 Å². The Hall–Kier alpha value is -1.28. The standard InChI is InChI=1S/C15H14INO4/c16-9-1-2-10-11-3-5-17(14(18)19)15(4-6-20-8-15)13(11)21-12(10)7-9/h1-2,7H,3-6,8H2,(H,18,19)/t15-/m1/s1. The van der Waals surface area contributed by atoms with Crippen LogP contribution >= 0.6 is 22.6 Å². The second-order valence-electron chi connectivity index (χ2n) is 5.57. The third-order valence-corrected chi connectivity index (χ3v) is 5.18. The number of carboxylic acid groups (broad SMARTS) is 1. The van der Waals surface area contributed by atoms with E-state index in [2.05, 4.69) is 34.7 Å². The monoisotopic (exact) mass is 399 g/mol. The van der Waals surface area contributed by atoms with Crippen molar-refractivity contribution in [3.63, 3.8) is 0 Å². The van der Waals surface area contributed by atoms with Crippen molar-refractivity contribution in [2.75, 3.05) is 19.8 Å². The molecule has 2 aliphatic rings. The van der Waals surface area contributed by atoms with Crippen LogP contribution in [0.1, 0.15) is 17.7 Å². The minimum Gasteiger partial charge on any atom is -0.465 e. The Bertz CT molecular complexity index is 733. The maximum atomic E-state index is 11.6. The van der Waals surface area contributed by atoms with Crippen molar-refractivity contribution < 1.29 is 19.1 Å². The Morgan fingerprint density at radius 2 is 2.29 bits per heavy atom. The van der Waals surface area contributed by atoms with Crippen LogP contribution in [0.2, 0.25) is 0 Å². The van der Waals surface area contributed by atoms with E-state index >= 15 is 0 Å². The van der Waals surface area contributed by atoms with Gasteiger partial charge in [0.2, 0.25) is 0 Å². The summed E-state index contributed by atoms with van der Waals surface area (Å²) in [5, 5.41) is 10.6. The van der Waals surface area contributed by atoms with Gasteiger partial charge in [-0.2, -0.15) is 0 Å². The number of ether oxygens (including phenoxy) is 1. The number of carbonyl (C=O) groups is 1. The van der Waals surface area contributed by atoms with E-state index in [9.17, 15) is 9.90 Å². The van der Waals surface area contributed by atoms with Crippen LogP contribution in [0.4, 0.5) is 4.79 Å². The fraction of sp³-hybridized carbons (Fsp3) is 0.400. The van der Waals surface area contributed by atoms with Gasteiger partial charge >= 0.3 is 6.09 Å². The normalized spacial score (nSPS) is 24.7. The average Bonchev–Trinajstić information content (AvgIpc) is 3.04. The van der Waals surface area contributed by atoms with Gasteiger partial charge in [-0.25, -0.2) is 4.79 Å². The summed E-state index contributed by atoms with van der Waals surface area (Å²) in [6, 6.07) is 6.13. The number of halogens is 1. The molecule has 6 heteroatoms. The number of hydrogen-bond acceptors (Lipinski definition) is 3. The molecule has 1 saturated heterocycles. The fourth-order valence-corrected chi connectivity index (χ4v) is 4.00. The Morgan fingerprint density at radius 1 is 1.43 bits per heavy atom. The van der Waals surface area contributed by atoms with Crippen molar-refractivity contribution in [3.8, 4) is 0 Å². The SMILES string of the molecule is O=C(O)N1CCc2c(oc3cc(I)ccc23)[C@]12CCOC2. The lowest BCUT2D eigenvalue weighted by Gasteiger charge is -2.40. The van der Waals surface area contributed by atoms with E-state index in [1.165, 1.54) is 4.90 Å². The van der Waals surface area contributed by atoms with Gasteiger partial charge in [-0.05, 0) is 47.2 Å². The van der Waals surface area contributed by atoms with Crippen LogP contribution in [-0.4, -0.2) is 35.9 Å². The first-order valence-corrected chi connectivity index (χ1v) is 7.99. The van der Waals surface area contributed by atoms with Crippen LogP contribution in [0.5, 0.6) is 0 Å². The van der Waals surface area contributed by atoms with E-state index < -0.39 is 11.6 Å². The van der Waals surface area contributed by atoms with Crippen LogP contribution in [0.3, 0.4) is 0 Å². The number of hydrogen-bond donors (Lipinski definition) is 1. The molecule has 110 valence electrons. The summed E-state index contributed by atoms with van der Waals surface area (Å²) in [6.45, 7) is 1.44. The lowest BCUT2D eigenvalue weighted by atomic mass is 9.85. The van der Waals surface area contributed by atoms with E-state index in [4.69, 9.17) is 9.15 Å². The molecule has 4 rings (SSSR count). The minimum atomic E-state index is -0.902. The number of fused-ring (bicyclic) bond motifs is 4. The molecule has 0 radical (unpaired) electrons. The average molecular weight is 399 g/mol. The molecule has 0 unspecified atom stereocenters. The maximum Gasteiger partial charge on any atom is 0.408 e. The lowest BCUT2D eigenvalue weighted by molar-refractivity contribution is 0.0398. The molecule has 0 bridgehead atoms. The summed E-state index contributed by atoms with van der Waals surface area (Å²) in [7, 11) is 0. The molecule has 2 aromatic rings. The lowest BCUT2D eigenvalue weighted by Crippen LogP contribution is -2.53. The highest BCUT2D eigenvalue weighted by molar-refractivity contribution is 14.1. The third-order valence-electron chi connectivity index (χ3n) is 4.51. The molecule has 5 nitrogen and oxygen atoms in total. The summed E-state index contributed by atoms with van der Waals surface area (Å²) < 4.78 is 12.7. The molecule has 1 spiro atoms. The molecular formula is C15H14INO4. The number of benzene rings is 1. The topological polar surface area (TPSA) is 62.9 Å². The first kappa shape index (κ1) is 13.4. The summed E-state index contributed by atoms with van der Waals surface area (Å²) in [5.41, 5.74) is 1.33. The number of rotatable bonds is 0. The largest absolute Gasteiger partial charge is 0.465 e. The highest BCUT2D eigenvalue weighted by Gasteiger charge is 2.51. The van der Waals surface area contributed by atoms with Gasteiger partial charge in [0.1, 0.15) is 16.9 Å². The van der Waals surface area contributed by atoms with Crippen LogP contribution in [0.25, 0.3) is 11.0 Å². The number of amides is 1. The molecule has 1 N–H and O–H groups in total. The van der Waals surface area contributed by atoms with Gasteiger partial charge in [-0.1, -0.05) is 0 Å². The summed E-state index contributed by atoms with van der Waals surface area (Å²) in [5.74, 6) is 0.783. The second kappa shape index (κ2) is 4.61. The van der Waals surface area contributed by atoms with Gasteiger partial charge in [0, 0.05) is 34.1 Å². The van der Waals surface area contributed by atoms with Crippen molar-refractivity contribution >= 4 is 39.7 Å². The van der Waals surface area contributed by atoms with E-state index in [1.807, 2.05) is 6.07 Å². The Kier molecular flexibility index (Phi) is 2.94. The van der Waals surface area contributed by atoms with Gasteiger partial charge in [-0.15, -0.1) is 0 Å². The molecule has 21 heavy (non-hydrogen) atoms. The zero-order valence-corrected chi connectivity index (χ0v) is 13.4. The maximum absolute atomic E-state index is 11.6. The quantitative estimate of drug-likeness (QED) is 0.692. The Balaban J connectivity index is 1.96. The van der Waals surface area contributed by atoms with Crippen LogP contribution in [-0.2, 0) is 16.7 Å². The van der Waals surface area contributed by atoms with Crippen molar-refractivity contribution in [2.45, 2.75) is 18.4 Å². The summed E-state index contributed by atoms with van der Waals surface area (Å²) in [4.78, 5) is 13.1. The molecular weight excluding hydrogens is 385 g/mol. The zero-order valence-electron chi connectivity index (χ0n) is 11.3. The van der Waals surface area contributed by atoms with Gasteiger partial charge < -0.3 is 14.3 Å². The van der Waals surface area contributed by atoms with Gasteiger partial charge in [0.15, 0.2) is 0 Å². The van der Waals surface area contributed by atoms with E-state index in [-0.39, 0.29) is 0 Å². The minimum absolute atomic E-state index is 0.378. The van der Waals surface area contributed by atoms with Crippen molar-refractivity contribution in [1.82, 2.24) is 4.90 Å². The highest BCUT2D eigenvalue weighted by atomic mass is 127. The van der Waals surface area contributed by atoms with Crippen molar-refractivity contribution in [3.05, 3.63) is 33.1 Å². The molecule has 1 atom stereocenters. The second-order valence-corrected chi connectivity index (χ2v) is 6.81. The Morgan fingerprint density at radius 3 is 3.00 bits per heavy atom. The Labute approximate surface area is 135 Å². The molecule has 1 amide bonds. The number of furan rings is 1. The summed E-state index contributed by atoms with van der Waals surface area (Å²) in [6.07, 6.45) is 0.446. The van der Waals surface area contributed by atoms with Crippen LogP contribution in [0, 0.1) is 3.57 Å². The molecule has 2 aliphatic heterocycles. The van der Waals surface area contributed by atoms with Gasteiger partial charge in [0.05, 0.1) is 6.61 Å². The van der Waals surface area contributed by atoms with E-state index in [1.54, 1.807) is 0 Å². The van der Waals surface area contributed by atoms with Gasteiger partial charge in [0.25, 0.3) is 0 Å².